The molecule has 1 aromatic carbocycles. The van der Waals surface area contributed by atoms with Gasteiger partial charge in [0.25, 0.3) is 16.3 Å². The summed E-state index contributed by atoms with van der Waals surface area (Å²) in [4.78, 5) is 13.3. The van der Waals surface area contributed by atoms with E-state index in [2.05, 4.69) is 22.4 Å². The predicted octanol–water partition coefficient (Wildman–Crippen LogP) is 1.16. The van der Waals surface area contributed by atoms with Crippen molar-refractivity contribution in [3.8, 4) is 5.75 Å². The second kappa shape index (κ2) is 4.83. The molecule has 1 saturated heterocycles. The number of likely N-dealkylation sites (tertiary alicyclic amines) is 1. The van der Waals surface area contributed by atoms with E-state index >= 15 is 0 Å². The largest absolute Gasteiger partial charge is 0.492 e. The van der Waals surface area contributed by atoms with E-state index in [1.165, 1.54) is 5.56 Å². The van der Waals surface area contributed by atoms with Crippen molar-refractivity contribution >= 4 is 21.1 Å². The van der Waals surface area contributed by atoms with Crippen LogP contribution in [0.4, 0.5) is 4.79 Å². The number of hydrogen-bond acceptors (Lipinski definition) is 3. The van der Waals surface area contributed by atoms with Gasteiger partial charge in [0.15, 0.2) is 0 Å². The van der Waals surface area contributed by atoms with Gasteiger partial charge in [-0.1, -0.05) is 12.1 Å². The summed E-state index contributed by atoms with van der Waals surface area (Å²) in [6.45, 7) is 2.89. The minimum absolute atomic E-state index is 0.0805. The van der Waals surface area contributed by atoms with Gasteiger partial charge in [0.05, 0.1) is 11.4 Å². The first kappa shape index (κ1) is 13.0. The third-order valence-electron chi connectivity index (χ3n) is 4.39. The fourth-order valence-electron chi connectivity index (χ4n) is 3.11. The molecule has 0 saturated carbocycles. The van der Waals surface area contributed by atoms with Crippen molar-refractivity contribution < 1.29 is 9.53 Å². The van der Waals surface area contributed by atoms with Gasteiger partial charge in [-0.15, -0.1) is 0 Å². The zero-order valence-electron chi connectivity index (χ0n) is 10.9. The third kappa shape index (κ3) is 2.16. The highest BCUT2D eigenvalue weighted by Gasteiger charge is 2.43. The van der Waals surface area contributed by atoms with Crippen LogP contribution in [0.5, 0.6) is 5.75 Å². The van der Waals surface area contributed by atoms with E-state index in [-0.39, 0.29) is 10.2 Å². The first-order chi connectivity index (χ1) is 9.14. The summed E-state index contributed by atoms with van der Waals surface area (Å²) in [7, 11) is 0. The van der Waals surface area contributed by atoms with Gasteiger partial charge in [-0.05, 0) is 24.5 Å². The molecule has 98 valence electrons. The van der Waals surface area contributed by atoms with Gasteiger partial charge < -0.3 is 20.2 Å². The number of benzene rings is 1. The quantitative estimate of drug-likeness (QED) is 0.781. The third-order valence-corrected chi connectivity index (χ3v) is 4.75. The Morgan fingerprint density at radius 2 is 2.16 bits per heavy atom. The average molecular weight is 272 g/mol. The van der Waals surface area contributed by atoms with Crippen LogP contribution in [0.1, 0.15) is 24.0 Å². The zero-order chi connectivity index (χ0) is 13.5. The lowest BCUT2D eigenvalue weighted by atomic mass is 9.74. The first-order valence-corrected chi connectivity index (χ1v) is 7.23. The Hall–Kier alpha value is -1.02. The molecular weight excluding hydrogens is 255 g/mol. The predicted molar refractivity (Wildman–Crippen MR) is 73.5 cm³/mol. The molecule has 19 heavy (non-hydrogen) atoms. The molecule has 4 nitrogen and oxygen atoms in total. The molecule has 0 bridgehead atoms. The SMILES string of the molecule is NCc1ccc2c(c1)C1(CCN([C](=O)[Al])CC1)CO2. The molecule has 2 N–H and O–H groups in total. The Balaban J connectivity index is 1.87. The molecule has 2 aliphatic rings. The maximum Gasteiger partial charge on any atom is 0.281 e. The molecule has 5 heteroatoms. The lowest BCUT2D eigenvalue weighted by molar-refractivity contribution is 0.154. The molecule has 3 rings (SSSR count). The van der Waals surface area contributed by atoms with Crippen LogP contribution in [-0.2, 0) is 12.0 Å². The normalized spacial score (nSPS) is 20.2. The standard InChI is InChI=1S/C14H17N2O2.Al/c15-8-11-1-2-13-12(7-11)14(9-18-13)3-5-16(10-17)6-4-14;/h1-2,7H,3-6,8-9,15H2;. The summed E-state index contributed by atoms with van der Waals surface area (Å²) in [5, 5.41) is 0. The highest BCUT2D eigenvalue weighted by atomic mass is 27.0. The van der Waals surface area contributed by atoms with Gasteiger partial charge in [0.2, 0.25) is 0 Å². The van der Waals surface area contributed by atoms with E-state index in [1.54, 1.807) is 0 Å². The molecule has 1 aromatic rings. The molecule has 1 fully saturated rings. The van der Waals surface area contributed by atoms with Crippen molar-refractivity contribution in [3.05, 3.63) is 29.3 Å². The van der Waals surface area contributed by atoms with Gasteiger partial charge >= 0.3 is 0 Å². The average Bonchev–Trinajstić information content (AvgIpc) is 2.78. The van der Waals surface area contributed by atoms with Crippen molar-refractivity contribution in [2.75, 3.05) is 19.7 Å². The van der Waals surface area contributed by atoms with E-state index in [1.807, 2.05) is 17.0 Å². The van der Waals surface area contributed by atoms with Crippen LogP contribution in [0.15, 0.2) is 18.2 Å². The molecule has 2 heterocycles. The fourth-order valence-corrected chi connectivity index (χ4v) is 3.37. The number of ether oxygens (including phenoxy) is 1. The molecule has 2 aliphatic heterocycles. The van der Waals surface area contributed by atoms with Gasteiger partial charge in [-0.25, -0.2) is 0 Å². The number of nitrogens with zero attached hydrogens (tertiary/aromatic N) is 1. The van der Waals surface area contributed by atoms with Gasteiger partial charge in [0.1, 0.15) is 5.75 Å². The Morgan fingerprint density at radius 1 is 1.42 bits per heavy atom. The molecule has 1 amide bonds. The summed E-state index contributed by atoms with van der Waals surface area (Å²) in [6, 6.07) is 6.24. The molecule has 0 unspecified atom stereocenters. The maximum absolute atomic E-state index is 11.4. The molecule has 2 radical (unpaired) electrons. The van der Waals surface area contributed by atoms with Crippen molar-refractivity contribution in [2.45, 2.75) is 24.8 Å². The van der Waals surface area contributed by atoms with E-state index in [4.69, 9.17) is 10.5 Å². The highest BCUT2D eigenvalue weighted by molar-refractivity contribution is 6.56. The van der Waals surface area contributed by atoms with Gasteiger partial charge in [-0.2, -0.15) is 0 Å². The second-order valence-corrected chi connectivity index (χ2v) is 5.92. The maximum atomic E-state index is 11.4. The van der Waals surface area contributed by atoms with Crippen LogP contribution in [0.3, 0.4) is 0 Å². The Labute approximate surface area is 121 Å². The number of fused-ring (bicyclic) bond motifs is 2. The highest BCUT2D eigenvalue weighted by Crippen LogP contribution is 2.45. The number of nitrogens with two attached hydrogens (primary N) is 1. The van der Waals surface area contributed by atoms with E-state index in [0.717, 1.165) is 43.9 Å². The van der Waals surface area contributed by atoms with Gasteiger partial charge in [-0.3, -0.25) is 0 Å². The van der Waals surface area contributed by atoms with Crippen molar-refractivity contribution in [1.29, 1.82) is 0 Å². The monoisotopic (exact) mass is 272 g/mol. The summed E-state index contributed by atoms with van der Waals surface area (Å²) in [5.41, 5.74) is 8.24. The Morgan fingerprint density at radius 3 is 2.79 bits per heavy atom. The minimum atomic E-state index is 0.0805. The zero-order valence-corrected chi connectivity index (χ0v) is 12.0. The lowest BCUT2D eigenvalue weighted by Gasteiger charge is -2.38. The van der Waals surface area contributed by atoms with Crippen LogP contribution < -0.4 is 10.5 Å². The lowest BCUT2D eigenvalue weighted by Crippen LogP contribution is -2.45. The number of amides is 1. The summed E-state index contributed by atoms with van der Waals surface area (Å²) in [6.07, 6.45) is 1.93. The van der Waals surface area contributed by atoms with E-state index in [9.17, 15) is 4.79 Å². The fraction of sp³-hybridized carbons (Fsp3) is 0.500. The topological polar surface area (TPSA) is 55.6 Å². The molecule has 0 aliphatic carbocycles. The van der Waals surface area contributed by atoms with Crippen LogP contribution in [-0.4, -0.2) is 45.7 Å². The number of rotatable bonds is 1. The van der Waals surface area contributed by atoms with Crippen LogP contribution in [0.2, 0.25) is 0 Å². The number of carbonyl (C=O) groups is 1. The molecular formula is C14H17AlN2O2. The van der Waals surface area contributed by atoms with Gasteiger partial charge in [0, 0.05) is 30.6 Å². The van der Waals surface area contributed by atoms with Crippen LogP contribution >= 0.6 is 0 Å². The molecule has 0 atom stereocenters. The molecule has 0 aromatic heterocycles. The first-order valence-electron chi connectivity index (χ1n) is 6.65. The van der Waals surface area contributed by atoms with Crippen molar-refractivity contribution in [1.82, 2.24) is 4.90 Å². The minimum Gasteiger partial charge on any atom is -0.492 e. The van der Waals surface area contributed by atoms with E-state index in [0.29, 0.717) is 6.54 Å². The van der Waals surface area contributed by atoms with Crippen LogP contribution in [0, 0.1) is 0 Å². The Bertz CT molecular complexity index is 510. The van der Waals surface area contributed by atoms with Crippen molar-refractivity contribution in [3.63, 3.8) is 0 Å². The number of hydrogen-bond donors (Lipinski definition) is 1. The van der Waals surface area contributed by atoms with Crippen LogP contribution in [0.25, 0.3) is 0 Å². The smallest absolute Gasteiger partial charge is 0.281 e. The second-order valence-electron chi connectivity index (χ2n) is 5.43. The van der Waals surface area contributed by atoms with Crippen molar-refractivity contribution in [2.24, 2.45) is 5.73 Å². The molecule has 1 spiro atoms. The number of piperidine rings is 1. The summed E-state index contributed by atoms with van der Waals surface area (Å²) in [5.74, 6) is 0.989. The van der Waals surface area contributed by atoms with E-state index < -0.39 is 0 Å². The summed E-state index contributed by atoms with van der Waals surface area (Å²) >= 11 is 2.26. The Kier molecular flexibility index (Phi) is 3.30. The number of carbonyl (C=O) groups excluding carboxylic acids is 1. The summed E-state index contributed by atoms with van der Waals surface area (Å²) < 4.78 is 5.93.